The number of carbonyl (C=O) groups is 2. The summed E-state index contributed by atoms with van der Waals surface area (Å²) in [5.41, 5.74) is 1.14. The maximum Gasteiger partial charge on any atom is 0.325 e. The highest BCUT2D eigenvalue weighted by atomic mass is 35.5. The molecular weight excluding hydrogens is 410 g/mol. The Morgan fingerprint density at radius 1 is 1.00 bits per heavy atom. The van der Waals surface area contributed by atoms with Crippen LogP contribution in [0.4, 0.5) is 30.1 Å². The van der Waals surface area contributed by atoms with Gasteiger partial charge in [-0.2, -0.15) is 0 Å². The average Bonchev–Trinajstić information content (AvgIpc) is 3.00. The fourth-order valence-corrected chi connectivity index (χ4v) is 3.25. The van der Waals surface area contributed by atoms with Crippen LogP contribution in [0.15, 0.2) is 42.5 Å². The van der Waals surface area contributed by atoms with Gasteiger partial charge in [0, 0.05) is 11.4 Å². The van der Waals surface area contributed by atoms with E-state index in [2.05, 4.69) is 20.9 Å². The van der Waals surface area contributed by atoms with Crippen LogP contribution in [-0.4, -0.2) is 16.9 Å². The Hall–Kier alpha value is -3.04. The summed E-state index contributed by atoms with van der Waals surface area (Å²) in [6, 6.07) is 8.48. The van der Waals surface area contributed by atoms with E-state index in [1.54, 1.807) is 6.92 Å². The number of anilines is 3. The highest BCUT2D eigenvalue weighted by molar-refractivity contribution is 7.17. The number of rotatable bonds is 4. The lowest BCUT2D eigenvalue weighted by atomic mass is 10.3. The molecule has 3 amide bonds. The molecule has 0 aliphatic rings. The number of amides is 3. The second kappa shape index (κ2) is 8.32. The molecular formula is C18H13ClF2N4O2S. The fourth-order valence-electron chi connectivity index (χ4n) is 2.21. The number of nitrogens with zero attached hydrogens (tertiary/aromatic N) is 1. The van der Waals surface area contributed by atoms with Crippen molar-refractivity contribution in [3.8, 4) is 0 Å². The predicted molar refractivity (Wildman–Crippen MR) is 105 cm³/mol. The van der Waals surface area contributed by atoms with Crippen molar-refractivity contribution < 1.29 is 18.4 Å². The van der Waals surface area contributed by atoms with E-state index in [1.807, 2.05) is 0 Å². The molecule has 0 fully saturated rings. The second-order valence-electron chi connectivity index (χ2n) is 5.60. The Morgan fingerprint density at radius 3 is 2.36 bits per heavy atom. The summed E-state index contributed by atoms with van der Waals surface area (Å²) in [5, 5.41) is 7.73. The molecule has 1 aromatic heterocycles. The molecule has 0 aliphatic heterocycles. The molecule has 144 valence electrons. The third-order valence-corrected chi connectivity index (χ3v) is 4.86. The zero-order valence-corrected chi connectivity index (χ0v) is 15.9. The molecule has 0 atom stereocenters. The normalized spacial score (nSPS) is 10.4. The Labute approximate surface area is 167 Å². The number of benzene rings is 2. The minimum atomic E-state index is -0.590. The van der Waals surface area contributed by atoms with Crippen molar-refractivity contribution in [1.82, 2.24) is 4.98 Å². The monoisotopic (exact) mass is 422 g/mol. The standard InChI is InChI=1S/C18H13ClF2N4O2S/c1-9-15(16(26)23-12-6-7-14(21)13(19)8-12)28-18(22-9)25-17(27)24-11-4-2-10(20)3-5-11/h2-8H,1H3,(H,23,26)(H2,22,24,25,27). The molecule has 0 aliphatic carbocycles. The van der Waals surface area contributed by atoms with Crippen LogP contribution in [0.25, 0.3) is 0 Å². The molecule has 3 rings (SSSR count). The van der Waals surface area contributed by atoms with E-state index in [1.165, 1.54) is 36.4 Å². The van der Waals surface area contributed by atoms with E-state index in [0.29, 0.717) is 17.1 Å². The molecule has 1 heterocycles. The van der Waals surface area contributed by atoms with Crippen LogP contribution in [0.5, 0.6) is 0 Å². The number of hydrogen-bond acceptors (Lipinski definition) is 4. The number of aromatic nitrogens is 1. The number of hydrogen-bond donors (Lipinski definition) is 3. The first-order valence-electron chi connectivity index (χ1n) is 7.89. The van der Waals surface area contributed by atoms with E-state index in [-0.39, 0.29) is 15.0 Å². The molecule has 0 saturated carbocycles. The number of thiazole rings is 1. The van der Waals surface area contributed by atoms with Gasteiger partial charge in [-0.3, -0.25) is 10.1 Å². The third kappa shape index (κ3) is 4.81. The molecule has 10 heteroatoms. The highest BCUT2D eigenvalue weighted by Crippen LogP contribution is 2.25. The van der Waals surface area contributed by atoms with E-state index in [4.69, 9.17) is 11.6 Å². The molecule has 0 radical (unpaired) electrons. The van der Waals surface area contributed by atoms with Crippen LogP contribution < -0.4 is 16.0 Å². The minimum absolute atomic E-state index is 0.112. The van der Waals surface area contributed by atoms with Crippen molar-refractivity contribution in [1.29, 1.82) is 0 Å². The molecule has 0 saturated heterocycles. The van der Waals surface area contributed by atoms with Crippen LogP contribution in [-0.2, 0) is 0 Å². The van der Waals surface area contributed by atoms with Crippen LogP contribution in [0.2, 0.25) is 5.02 Å². The Morgan fingerprint density at radius 2 is 1.68 bits per heavy atom. The summed E-state index contributed by atoms with van der Waals surface area (Å²) in [4.78, 5) is 28.8. The molecule has 0 spiro atoms. The van der Waals surface area contributed by atoms with Gasteiger partial charge in [-0.15, -0.1) is 0 Å². The summed E-state index contributed by atoms with van der Waals surface area (Å²) >= 11 is 6.67. The summed E-state index contributed by atoms with van der Waals surface area (Å²) in [5.74, 6) is -1.48. The van der Waals surface area contributed by atoms with Crippen LogP contribution in [0.3, 0.4) is 0 Å². The topological polar surface area (TPSA) is 83.1 Å². The zero-order chi connectivity index (χ0) is 20.3. The maximum atomic E-state index is 13.2. The summed E-state index contributed by atoms with van der Waals surface area (Å²) < 4.78 is 26.1. The number of urea groups is 1. The number of carbonyl (C=O) groups excluding carboxylic acids is 2. The van der Waals surface area contributed by atoms with Gasteiger partial charge < -0.3 is 10.6 Å². The van der Waals surface area contributed by atoms with E-state index >= 15 is 0 Å². The smallest absolute Gasteiger partial charge is 0.321 e. The fraction of sp³-hybridized carbons (Fsp3) is 0.0556. The van der Waals surface area contributed by atoms with Gasteiger partial charge in [0.2, 0.25) is 0 Å². The van der Waals surface area contributed by atoms with Gasteiger partial charge >= 0.3 is 6.03 Å². The van der Waals surface area contributed by atoms with Crippen molar-refractivity contribution in [2.45, 2.75) is 6.92 Å². The summed E-state index contributed by atoms with van der Waals surface area (Å²) in [6.45, 7) is 1.62. The van der Waals surface area contributed by atoms with Gasteiger partial charge in [0.15, 0.2) is 5.13 Å². The highest BCUT2D eigenvalue weighted by Gasteiger charge is 2.17. The van der Waals surface area contributed by atoms with Gasteiger partial charge in [-0.25, -0.2) is 18.6 Å². The van der Waals surface area contributed by atoms with E-state index in [0.717, 1.165) is 17.4 Å². The Balaban J connectivity index is 1.66. The van der Waals surface area contributed by atoms with Crippen LogP contribution >= 0.6 is 22.9 Å². The number of aryl methyl sites for hydroxylation is 1. The lowest BCUT2D eigenvalue weighted by molar-refractivity contribution is 0.102. The van der Waals surface area contributed by atoms with Gasteiger partial charge in [0.05, 0.1) is 10.7 Å². The molecule has 28 heavy (non-hydrogen) atoms. The third-order valence-electron chi connectivity index (χ3n) is 3.50. The van der Waals surface area contributed by atoms with Gasteiger partial charge in [-0.1, -0.05) is 22.9 Å². The largest absolute Gasteiger partial charge is 0.325 e. The lowest BCUT2D eigenvalue weighted by Crippen LogP contribution is -2.19. The first kappa shape index (κ1) is 19.7. The van der Waals surface area contributed by atoms with E-state index < -0.39 is 23.6 Å². The first-order valence-corrected chi connectivity index (χ1v) is 9.08. The second-order valence-corrected chi connectivity index (χ2v) is 7.01. The molecule has 6 nitrogen and oxygen atoms in total. The molecule has 3 aromatic rings. The van der Waals surface area contributed by atoms with Crippen molar-refractivity contribution >= 4 is 51.4 Å². The minimum Gasteiger partial charge on any atom is -0.321 e. The van der Waals surface area contributed by atoms with Crippen molar-refractivity contribution in [2.75, 3.05) is 16.0 Å². The van der Waals surface area contributed by atoms with Crippen LogP contribution in [0.1, 0.15) is 15.4 Å². The molecule has 0 bridgehead atoms. The van der Waals surface area contributed by atoms with Crippen LogP contribution in [0, 0.1) is 18.6 Å². The van der Waals surface area contributed by atoms with Crippen molar-refractivity contribution in [2.24, 2.45) is 0 Å². The SMILES string of the molecule is Cc1nc(NC(=O)Nc2ccc(F)cc2)sc1C(=O)Nc1ccc(F)c(Cl)c1. The average molecular weight is 423 g/mol. The number of halogens is 3. The Bertz CT molecular complexity index is 1040. The van der Waals surface area contributed by atoms with Crippen molar-refractivity contribution in [3.05, 3.63) is 69.7 Å². The van der Waals surface area contributed by atoms with Gasteiger partial charge in [-0.05, 0) is 49.4 Å². The zero-order valence-electron chi connectivity index (χ0n) is 14.3. The lowest BCUT2D eigenvalue weighted by Gasteiger charge is -2.05. The van der Waals surface area contributed by atoms with Gasteiger partial charge in [0.1, 0.15) is 16.5 Å². The predicted octanol–water partition coefficient (Wildman–Crippen LogP) is 5.28. The maximum absolute atomic E-state index is 13.2. The van der Waals surface area contributed by atoms with Gasteiger partial charge in [0.25, 0.3) is 5.91 Å². The van der Waals surface area contributed by atoms with E-state index in [9.17, 15) is 18.4 Å². The van der Waals surface area contributed by atoms with Crippen molar-refractivity contribution in [3.63, 3.8) is 0 Å². The molecule has 0 unspecified atom stereocenters. The first-order chi connectivity index (χ1) is 13.3. The summed E-state index contributed by atoms with van der Waals surface area (Å²) in [7, 11) is 0. The summed E-state index contributed by atoms with van der Waals surface area (Å²) in [6.07, 6.45) is 0. The Kier molecular flexibility index (Phi) is 5.86. The number of nitrogens with one attached hydrogen (secondary N) is 3. The quantitative estimate of drug-likeness (QED) is 0.535. The molecule has 2 aromatic carbocycles. The molecule has 3 N–H and O–H groups in total.